The van der Waals surface area contributed by atoms with Crippen LogP contribution in [0.4, 0.5) is 0 Å². The molecule has 2 aromatic carbocycles. The van der Waals surface area contributed by atoms with E-state index in [0.29, 0.717) is 19.0 Å². The number of fused-ring (bicyclic) bond motifs is 1. The summed E-state index contributed by atoms with van der Waals surface area (Å²) in [7, 11) is 0. The Labute approximate surface area is 154 Å². The first-order chi connectivity index (χ1) is 12.6. The molecular formula is C23H26N2O. The monoisotopic (exact) mass is 346 g/mol. The number of nitrogens with two attached hydrogens (primary N) is 1. The van der Waals surface area contributed by atoms with Crippen molar-refractivity contribution < 1.29 is 0 Å². The van der Waals surface area contributed by atoms with Gasteiger partial charge in [0.25, 0.3) is 5.56 Å². The highest BCUT2D eigenvalue weighted by molar-refractivity contribution is 5.98. The van der Waals surface area contributed by atoms with E-state index in [0.717, 1.165) is 33.2 Å². The van der Waals surface area contributed by atoms with Crippen LogP contribution in [0, 0.1) is 5.92 Å². The van der Waals surface area contributed by atoms with Crippen molar-refractivity contribution in [3.63, 3.8) is 0 Å². The number of hydrogen-bond acceptors (Lipinski definition) is 2. The molecule has 0 fully saturated rings. The summed E-state index contributed by atoms with van der Waals surface area (Å²) in [6.45, 7) is 7.23. The SMILES string of the molecule is C/C=C/c1ccc2c(=O)n(CC(C)C)c(CN)c(-c3ccccc3)c2c1. The molecule has 0 aliphatic rings. The quantitative estimate of drug-likeness (QED) is 0.720. The molecule has 134 valence electrons. The molecule has 0 saturated heterocycles. The van der Waals surface area contributed by atoms with Crippen LogP contribution in [-0.4, -0.2) is 4.57 Å². The Balaban J connectivity index is 2.47. The minimum absolute atomic E-state index is 0.0425. The van der Waals surface area contributed by atoms with E-state index in [1.807, 2.05) is 47.9 Å². The lowest BCUT2D eigenvalue weighted by Crippen LogP contribution is -2.28. The third-order valence-electron chi connectivity index (χ3n) is 4.57. The van der Waals surface area contributed by atoms with E-state index in [4.69, 9.17) is 5.73 Å². The summed E-state index contributed by atoms with van der Waals surface area (Å²) in [5, 5.41) is 1.72. The van der Waals surface area contributed by atoms with Crippen molar-refractivity contribution in [1.82, 2.24) is 4.57 Å². The summed E-state index contributed by atoms with van der Waals surface area (Å²) in [4.78, 5) is 13.2. The van der Waals surface area contributed by atoms with Crippen molar-refractivity contribution in [1.29, 1.82) is 0 Å². The van der Waals surface area contributed by atoms with E-state index in [9.17, 15) is 4.79 Å². The van der Waals surface area contributed by atoms with Gasteiger partial charge in [0, 0.05) is 29.7 Å². The van der Waals surface area contributed by atoms with Gasteiger partial charge in [0.05, 0.1) is 0 Å². The van der Waals surface area contributed by atoms with E-state index in [-0.39, 0.29) is 5.56 Å². The van der Waals surface area contributed by atoms with Gasteiger partial charge in [-0.1, -0.05) is 62.4 Å². The van der Waals surface area contributed by atoms with Crippen molar-refractivity contribution >= 4 is 16.8 Å². The van der Waals surface area contributed by atoms with Gasteiger partial charge in [-0.2, -0.15) is 0 Å². The number of allylic oxidation sites excluding steroid dienone is 1. The molecule has 2 N–H and O–H groups in total. The summed E-state index contributed by atoms with van der Waals surface area (Å²) in [6.07, 6.45) is 4.06. The number of hydrogen-bond donors (Lipinski definition) is 1. The van der Waals surface area contributed by atoms with Gasteiger partial charge >= 0.3 is 0 Å². The topological polar surface area (TPSA) is 48.0 Å². The van der Waals surface area contributed by atoms with Crippen molar-refractivity contribution in [3.8, 4) is 11.1 Å². The van der Waals surface area contributed by atoms with E-state index < -0.39 is 0 Å². The molecule has 3 nitrogen and oxygen atoms in total. The van der Waals surface area contributed by atoms with Crippen molar-refractivity contribution in [2.45, 2.75) is 33.9 Å². The Kier molecular flexibility index (Phi) is 5.38. The van der Waals surface area contributed by atoms with Crippen LogP contribution in [0.15, 0.2) is 59.4 Å². The average molecular weight is 346 g/mol. The second kappa shape index (κ2) is 7.71. The molecule has 0 saturated carbocycles. The molecule has 3 heteroatoms. The van der Waals surface area contributed by atoms with Crippen LogP contribution in [0.5, 0.6) is 0 Å². The van der Waals surface area contributed by atoms with E-state index >= 15 is 0 Å². The standard InChI is InChI=1S/C23H26N2O/c1-4-8-17-11-12-19-20(13-17)22(18-9-6-5-7-10-18)21(14-24)25(23(19)26)15-16(2)3/h4-13,16H,14-15,24H2,1-3H3/b8-4+. The zero-order valence-corrected chi connectivity index (χ0v) is 15.7. The summed E-state index contributed by atoms with van der Waals surface area (Å²) >= 11 is 0. The third-order valence-corrected chi connectivity index (χ3v) is 4.57. The van der Waals surface area contributed by atoms with Gasteiger partial charge in [-0.25, -0.2) is 0 Å². The number of rotatable bonds is 5. The zero-order valence-electron chi connectivity index (χ0n) is 15.7. The van der Waals surface area contributed by atoms with Crippen LogP contribution in [0.3, 0.4) is 0 Å². The minimum Gasteiger partial charge on any atom is -0.325 e. The molecular weight excluding hydrogens is 320 g/mol. The van der Waals surface area contributed by atoms with Gasteiger partial charge in [0.2, 0.25) is 0 Å². The second-order valence-corrected chi connectivity index (χ2v) is 7.01. The van der Waals surface area contributed by atoms with E-state index in [1.54, 1.807) is 0 Å². The zero-order chi connectivity index (χ0) is 18.7. The summed E-state index contributed by atoms with van der Waals surface area (Å²) < 4.78 is 1.87. The predicted octanol–water partition coefficient (Wildman–Crippen LogP) is 4.82. The Morgan fingerprint density at radius 3 is 2.42 bits per heavy atom. The lowest BCUT2D eigenvalue weighted by Gasteiger charge is -2.20. The summed E-state index contributed by atoms with van der Waals surface area (Å²) in [5.41, 5.74) is 10.3. The fourth-order valence-electron chi connectivity index (χ4n) is 3.51. The van der Waals surface area contributed by atoms with Crippen LogP contribution in [0.25, 0.3) is 28.0 Å². The molecule has 0 amide bonds. The Morgan fingerprint density at radius 2 is 1.81 bits per heavy atom. The van der Waals surface area contributed by atoms with Crippen LogP contribution < -0.4 is 11.3 Å². The summed E-state index contributed by atoms with van der Waals surface area (Å²) in [6, 6.07) is 16.3. The highest BCUT2D eigenvalue weighted by Gasteiger charge is 2.18. The average Bonchev–Trinajstić information content (AvgIpc) is 2.64. The number of pyridine rings is 1. The molecule has 3 rings (SSSR count). The van der Waals surface area contributed by atoms with Crippen LogP contribution in [0.2, 0.25) is 0 Å². The van der Waals surface area contributed by atoms with Gasteiger partial charge < -0.3 is 10.3 Å². The second-order valence-electron chi connectivity index (χ2n) is 7.01. The van der Waals surface area contributed by atoms with Crippen LogP contribution in [-0.2, 0) is 13.1 Å². The highest BCUT2D eigenvalue weighted by Crippen LogP contribution is 2.31. The predicted molar refractivity (Wildman–Crippen MR) is 111 cm³/mol. The maximum Gasteiger partial charge on any atom is 0.258 e. The number of benzene rings is 2. The van der Waals surface area contributed by atoms with E-state index in [1.165, 1.54) is 0 Å². The molecule has 0 aliphatic heterocycles. The van der Waals surface area contributed by atoms with Gasteiger partial charge in [-0.3, -0.25) is 4.79 Å². The molecule has 0 radical (unpaired) electrons. The molecule has 0 atom stereocenters. The van der Waals surface area contributed by atoms with Gasteiger partial charge in [-0.15, -0.1) is 0 Å². The molecule has 1 aromatic heterocycles. The molecule has 26 heavy (non-hydrogen) atoms. The summed E-state index contributed by atoms with van der Waals surface area (Å²) in [5.74, 6) is 0.362. The highest BCUT2D eigenvalue weighted by atomic mass is 16.1. The lowest BCUT2D eigenvalue weighted by atomic mass is 9.95. The van der Waals surface area contributed by atoms with Gasteiger partial charge in [0.1, 0.15) is 0 Å². The van der Waals surface area contributed by atoms with Crippen molar-refractivity contribution in [2.75, 3.05) is 0 Å². The fraction of sp³-hybridized carbons (Fsp3) is 0.261. The minimum atomic E-state index is 0.0425. The van der Waals surface area contributed by atoms with Crippen molar-refractivity contribution in [2.24, 2.45) is 11.7 Å². The molecule has 0 unspecified atom stereocenters. The smallest absolute Gasteiger partial charge is 0.258 e. The third kappa shape index (κ3) is 3.35. The van der Waals surface area contributed by atoms with Crippen LogP contribution in [0.1, 0.15) is 32.0 Å². The normalized spacial score (nSPS) is 11.7. The Bertz CT molecular complexity index is 998. The maximum absolute atomic E-state index is 13.2. The fourth-order valence-corrected chi connectivity index (χ4v) is 3.51. The van der Waals surface area contributed by atoms with Crippen LogP contribution >= 0.6 is 0 Å². The molecule has 1 heterocycles. The maximum atomic E-state index is 13.2. The molecule has 0 aliphatic carbocycles. The molecule has 3 aromatic rings. The Hall–Kier alpha value is -2.65. The first-order valence-electron chi connectivity index (χ1n) is 9.14. The first-order valence-corrected chi connectivity index (χ1v) is 9.14. The number of nitrogens with zero attached hydrogens (tertiary/aromatic N) is 1. The van der Waals surface area contributed by atoms with Crippen molar-refractivity contribution in [3.05, 3.63) is 76.2 Å². The Morgan fingerprint density at radius 1 is 1.08 bits per heavy atom. The first kappa shape index (κ1) is 18.2. The van der Waals surface area contributed by atoms with Gasteiger partial charge in [0.15, 0.2) is 0 Å². The number of aromatic nitrogens is 1. The molecule has 0 spiro atoms. The lowest BCUT2D eigenvalue weighted by molar-refractivity contribution is 0.499. The molecule has 0 bridgehead atoms. The largest absolute Gasteiger partial charge is 0.325 e. The van der Waals surface area contributed by atoms with E-state index in [2.05, 4.69) is 38.1 Å². The van der Waals surface area contributed by atoms with Gasteiger partial charge in [-0.05, 0) is 41.5 Å².